The van der Waals surface area contributed by atoms with Gasteiger partial charge in [-0.1, -0.05) is 139 Å². The molecule has 2 aromatic carbocycles. The monoisotopic (exact) mass is 511 g/mol. The number of unbranched alkanes of at least 4 members (excludes halogenated alkanes) is 15. The lowest BCUT2D eigenvalue weighted by atomic mass is 10.0. The first kappa shape index (κ1) is 30.6. The third-order valence-electron chi connectivity index (χ3n) is 7.11. The minimum Gasteiger partial charge on any atom is -0.508 e. The van der Waals surface area contributed by atoms with Crippen molar-refractivity contribution in [3.05, 3.63) is 59.7 Å². The summed E-state index contributed by atoms with van der Waals surface area (Å²) in [4.78, 5) is 2.38. The van der Waals surface area contributed by atoms with E-state index in [2.05, 4.69) is 55.1 Å². The van der Waals surface area contributed by atoms with Crippen LogP contribution in [-0.2, 0) is 6.54 Å². The van der Waals surface area contributed by atoms with Gasteiger partial charge in [-0.05, 0) is 37.3 Å². The molecule has 0 saturated heterocycles. The molecule has 0 saturated carbocycles. The van der Waals surface area contributed by atoms with Crippen molar-refractivity contribution in [2.75, 3.05) is 16.5 Å². The molecule has 0 heterocycles. The second-order valence-electron chi connectivity index (χ2n) is 10.5. The van der Waals surface area contributed by atoms with E-state index in [0.717, 1.165) is 18.0 Å². The lowest BCUT2D eigenvalue weighted by Gasteiger charge is -2.25. The number of para-hydroxylation sites is 1. The van der Waals surface area contributed by atoms with Crippen molar-refractivity contribution in [2.24, 2.45) is 0 Å². The molecule has 36 heavy (non-hydrogen) atoms. The first-order valence-electron chi connectivity index (χ1n) is 14.9. The smallest absolute Gasteiger partial charge is 0.120 e. The molecule has 0 fully saturated rings. The normalized spacial score (nSPS) is 11.2. The third-order valence-corrected chi connectivity index (χ3v) is 8.18. The number of hydrogen-bond acceptors (Lipinski definition) is 3. The number of nitrogens with zero attached hydrogens (tertiary/aromatic N) is 1. The van der Waals surface area contributed by atoms with Gasteiger partial charge >= 0.3 is 0 Å². The van der Waals surface area contributed by atoms with E-state index in [-0.39, 0.29) is 0 Å². The van der Waals surface area contributed by atoms with Crippen LogP contribution in [0.1, 0.15) is 121 Å². The molecule has 0 aliphatic rings. The fourth-order valence-corrected chi connectivity index (χ4v) is 5.82. The van der Waals surface area contributed by atoms with Crippen LogP contribution >= 0.6 is 11.8 Å². The Kier molecular flexibility index (Phi) is 17.4. The zero-order valence-corrected chi connectivity index (χ0v) is 24.2. The van der Waals surface area contributed by atoms with Crippen molar-refractivity contribution in [3.8, 4) is 5.75 Å². The largest absolute Gasteiger partial charge is 0.508 e. The van der Waals surface area contributed by atoms with Crippen LogP contribution < -0.4 is 4.90 Å². The van der Waals surface area contributed by atoms with Crippen LogP contribution in [0, 0.1) is 6.92 Å². The van der Waals surface area contributed by atoms with Crippen LogP contribution in [0.4, 0.5) is 5.69 Å². The van der Waals surface area contributed by atoms with Gasteiger partial charge in [-0.25, -0.2) is 0 Å². The Morgan fingerprint density at radius 3 is 1.75 bits per heavy atom. The SMILES string of the molecule is CCCCCCCCCCCCCCCCCCSCN(Cc1cc(C)ccc1O)c1ccccc1. The number of aromatic hydroxyl groups is 1. The fourth-order valence-electron chi connectivity index (χ4n) is 4.82. The Morgan fingerprint density at radius 1 is 0.667 bits per heavy atom. The van der Waals surface area contributed by atoms with Crippen LogP contribution in [0.25, 0.3) is 0 Å². The number of benzene rings is 2. The highest BCUT2D eigenvalue weighted by Crippen LogP contribution is 2.25. The van der Waals surface area contributed by atoms with E-state index >= 15 is 0 Å². The van der Waals surface area contributed by atoms with E-state index in [4.69, 9.17) is 0 Å². The minimum absolute atomic E-state index is 0.393. The Bertz CT molecular complexity index is 779. The van der Waals surface area contributed by atoms with Crippen LogP contribution in [0.15, 0.2) is 48.5 Å². The topological polar surface area (TPSA) is 23.5 Å². The molecule has 0 aliphatic heterocycles. The quantitative estimate of drug-likeness (QED) is 0.126. The van der Waals surface area contributed by atoms with Crippen LogP contribution in [0.3, 0.4) is 0 Å². The molecule has 0 atom stereocenters. The summed E-state index contributed by atoms with van der Waals surface area (Å²) in [7, 11) is 0. The predicted octanol–water partition coefficient (Wildman–Crippen LogP) is 10.7. The lowest BCUT2D eigenvalue weighted by molar-refractivity contribution is 0.467. The Morgan fingerprint density at radius 2 is 1.19 bits per heavy atom. The van der Waals surface area contributed by atoms with Gasteiger partial charge in [0.1, 0.15) is 5.75 Å². The van der Waals surface area contributed by atoms with Gasteiger partial charge in [0.15, 0.2) is 0 Å². The maximum atomic E-state index is 10.3. The van der Waals surface area contributed by atoms with Crippen molar-refractivity contribution >= 4 is 17.4 Å². The molecule has 2 aromatic rings. The number of rotatable bonds is 22. The molecule has 202 valence electrons. The first-order chi connectivity index (χ1) is 17.7. The molecule has 0 radical (unpaired) electrons. The van der Waals surface area contributed by atoms with Gasteiger partial charge in [-0.15, -0.1) is 11.8 Å². The number of phenols is 1. The van der Waals surface area contributed by atoms with Gasteiger partial charge < -0.3 is 10.0 Å². The first-order valence-corrected chi connectivity index (χ1v) is 16.0. The van der Waals surface area contributed by atoms with Crippen molar-refractivity contribution in [2.45, 2.75) is 123 Å². The summed E-state index contributed by atoms with van der Waals surface area (Å²) < 4.78 is 0. The van der Waals surface area contributed by atoms with Crippen molar-refractivity contribution < 1.29 is 5.11 Å². The number of hydrogen-bond donors (Lipinski definition) is 1. The average Bonchev–Trinajstić information content (AvgIpc) is 2.89. The van der Waals surface area contributed by atoms with Crippen molar-refractivity contribution in [3.63, 3.8) is 0 Å². The van der Waals surface area contributed by atoms with Crippen LogP contribution in [-0.4, -0.2) is 16.7 Å². The molecule has 0 unspecified atom stereocenters. The number of anilines is 1. The highest BCUT2D eigenvalue weighted by atomic mass is 32.2. The summed E-state index contributed by atoms with van der Waals surface area (Å²) in [6.07, 6.45) is 22.7. The molecule has 0 aliphatic carbocycles. The summed E-state index contributed by atoms with van der Waals surface area (Å²) in [6.45, 7) is 5.12. The summed E-state index contributed by atoms with van der Waals surface area (Å²) >= 11 is 2.02. The van der Waals surface area contributed by atoms with Gasteiger partial charge in [0.2, 0.25) is 0 Å². The number of aryl methyl sites for hydroxylation is 1. The highest BCUT2D eigenvalue weighted by molar-refractivity contribution is 7.99. The summed E-state index contributed by atoms with van der Waals surface area (Å²) in [5.41, 5.74) is 3.41. The summed E-state index contributed by atoms with van der Waals surface area (Å²) in [6, 6.07) is 16.5. The Labute approximate surface area is 227 Å². The molecular weight excluding hydrogens is 458 g/mol. The summed E-state index contributed by atoms with van der Waals surface area (Å²) in [5, 5.41) is 10.3. The van der Waals surface area contributed by atoms with Gasteiger partial charge in [0, 0.05) is 17.8 Å². The van der Waals surface area contributed by atoms with E-state index in [0.29, 0.717) is 5.75 Å². The van der Waals surface area contributed by atoms with Gasteiger partial charge in [-0.3, -0.25) is 0 Å². The molecular formula is C33H53NOS. The zero-order chi connectivity index (χ0) is 25.7. The van der Waals surface area contributed by atoms with E-state index in [1.165, 1.54) is 120 Å². The van der Waals surface area contributed by atoms with Crippen molar-refractivity contribution in [1.82, 2.24) is 0 Å². The Balaban J connectivity index is 1.49. The van der Waals surface area contributed by atoms with Gasteiger partial charge in [0.25, 0.3) is 0 Å². The van der Waals surface area contributed by atoms with Crippen LogP contribution in [0.5, 0.6) is 5.75 Å². The number of phenolic OH excluding ortho intramolecular Hbond substituents is 1. The molecule has 2 nitrogen and oxygen atoms in total. The van der Waals surface area contributed by atoms with Gasteiger partial charge in [-0.2, -0.15) is 0 Å². The summed E-state index contributed by atoms with van der Waals surface area (Å²) in [5.74, 6) is 2.56. The highest BCUT2D eigenvalue weighted by Gasteiger charge is 2.10. The molecule has 2 rings (SSSR count). The van der Waals surface area contributed by atoms with Crippen LogP contribution in [0.2, 0.25) is 0 Å². The third kappa shape index (κ3) is 14.2. The molecule has 3 heteroatoms. The van der Waals surface area contributed by atoms with E-state index in [1.807, 2.05) is 23.9 Å². The second kappa shape index (κ2) is 20.4. The second-order valence-corrected chi connectivity index (χ2v) is 11.6. The molecule has 0 spiro atoms. The molecule has 0 bridgehead atoms. The van der Waals surface area contributed by atoms with E-state index in [9.17, 15) is 5.11 Å². The molecule has 0 aromatic heterocycles. The average molecular weight is 512 g/mol. The molecule has 1 N–H and O–H groups in total. The lowest BCUT2D eigenvalue weighted by Crippen LogP contribution is -2.22. The predicted molar refractivity (Wildman–Crippen MR) is 162 cm³/mol. The standard InChI is InChI=1S/C33H53NOS/c1-3-4-5-6-7-8-9-10-11-12-13-14-15-16-17-21-26-36-29-34(32-22-19-18-20-23-32)28-31-27-30(2)24-25-33(31)35/h18-20,22-25,27,35H,3-17,21,26,28-29H2,1-2H3. The van der Waals surface area contributed by atoms with Crippen molar-refractivity contribution in [1.29, 1.82) is 0 Å². The zero-order valence-electron chi connectivity index (χ0n) is 23.4. The molecule has 0 amide bonds. The fraction of sp³-hybridized carbons (Fsp3) is 0.636. The number of thioether (sulfide) groups is 1. The van der Waals surface area contributed by atoms with Gasteiger partial charge in [0.05, 0.1) is 5.88 Å². The van der Waals surface area contributed by atoms with E-state index in [1.54, 1.807) is 0 Å². The maximum absolute atomic E-state index is 10.3. The minimum atomic E-state index is 0.393. The van der Waals surface area contributed by atoms with E-state index < -0.39 is 0 Å². The maximum Gasteiger partial charge on any atom is 0.120 e. The Hall–Kier alpha value is -1.61.